The molecule has 1 unspecified atom stereocenters. The minimum Gasteiger partial charge on any atom is -0.366 e. The Bertz CT molecular complexity index is 660. The van der Waals surface area contributed by atoms with Crippen LogP contribution < -0.4 is 5.32 Å². The van der Waals surface area contributed by atoms with Crippen LogP contribution in [-0.4, -0.2) is 0 Å². The van der Waals surface area contributed by atoms with Gasteiger partial charge in [0.15, 0.2) is 0 Å². The molecule has 2 nitrogen and oxygen atoms in total. The maximum absolute atomic E-state index is 12.5. The molecule has 1 N–H and O–H groups in total. The van der Waals surface area contributed by atoms with Crippen molar-refractivity contribution in [3.8, 4) is 6.07 Å². The van der Waals surface area contributed by atoms with Crippen LogP contribution in [0, 0.1) is 11.3 Å². The fraction of sp³-hybridized carbons (Fsp3) is 0.133. The van der Waals surface area contributed by atoms with Crippen LogP contribution in [0.25, 0.3) is 0 Å². The van der Waals surface area contributed by atoms with Crippen LogP contribution in [0.15, 0.2) is 48.5 Å². The maximum Gasteiger partial charge on any atom is 0.416 e. The van der Waals surface area contributed by atoms with E-state index in [1.807, 2.05) is 6.07 Å². The molecule has 0 saturated carbocycles. The van der Waals surface area contributed by atoms with E-state index in [0.717, 1.165) is 12.1 Å². The zero-order chi connectivity index (χ0) is 15.5. The Balaban J connectivity index is 2.20. The van der Waals surface area contributed by atoms with Gasteiger partial charge in [-0.2, -0.15) is 18.4 Å². The molecule has 0 aliphatic carbocycles. The highest BCUT2D eigenvalue weighted by molar-refractivity contribution is 6.30. The summed E-state index contributed by atoms with van der Waals surface area (Å²) in [5, 5.41) is 12.6. The van der Waals surface area contributed by atoms with Crippen molar-refractivity contribution < 1.29 is 13.2 Å². The van der Waals surface area contributed by atoms with Crippen LogP contribution in [-0.2, 0) is 6.18 Å². The molecule has 0 heterocycles. The smallest absolute Gasteiger partial charge is 0.366 e. The van der Waals surface area contributed by atoms with E-state index in [1.54, 1.807) is 24.3 Å². The topological polar surface area (TPSA) is 35.8 Å². The van der Waals surface area contributed by atoms with Crippen LogP contribution >= 0.6 is 11.6 Å². The van der Waals surface area contributed by atoms with Crippen molar-refractivity contribution in [3.05, 3.63) is 64.7 Å². The lowest BCUT2D eigenvalue weighted by Crippen LogP contribution is -2.10. The Kier molecular flexibility index (Phi) is 4.39. The molecular formula is C15H10ClF3N2. The summed E-state index contributed by atoms with van der Waals surface area (Å²) in [6.07, 6.45) is -4.39. The average molecular weight is 311 g/mol. The summed E-state index contributed by atoms with van der Waals surface area (Å²) in [7, 11) is 0. The first-order valence-electron chi connectivity index (χ1n) is 5.99. The second-order valence-corrected chi connectivity index (χ2v) is 4.77. The molecule has 2 rings (SSSR count). The lowest BCUT2D eigenvalue weighted by molar-refractivity contribution is -0.137. The number of alkyl halides is 3. The van der Waals surface area contributed by atoms with Crippen molar-refractivity contribution in [2.45, 2.75) is 12.2 Å². The summed E-state index contributed by atoms with van der Waals surface area (Å²) >= 11 is 5.84. The number of anilines is 1. The van der Waals surface area contributed by atoms with E-state index in [9.17, 15) is 18.4 Å². The minimum atomic E-state index is -4.39. The van der Waals surface area contributed by atoms with E-state index in [4.69, 9.17) is 11.6 Å². The minimum absolute atomic E-state index is 0.450. The first kappa shape index (κ1) is 15.2. The normalized spacial score (nSPS) is 12.5. The van der Waals surface area contributed by atoms with Gasteiger partial charge in [-0.1, -0.05) is 29.8 Å². The molecule has 21 heavy (non-hydrogen) atoms. The van der Waals surface area contributed by atoms with E-state index in [0.29, 0.717) is 16.3 Å². The highest BCUT2D eigenvalue weighted by Gasteiger charge is 2.30. The van der Waals surface area contributed by atoms with Gasteiger partial charge in [0.25, 0.3) is 0 Å². The second kappa shape index (κ2) is 6.06. The lowest BCUT2D eigenvalue weighted by atomic mass is 10.1. The summed E-state index contributed by atoms with van der Waals surface area (Å²) in [4.78, 5) is 0. The van der Waals surface area contributed by atoms with Crippen molar-refractivity contribution in [2.24, 2.45) is 0 Å². The Hall–Kier alpha value is -2.19. The second-order valence-electron chi connectivity index (χ2n) is 4.34. The molecule has 0 spiro atoms. The number of nitrogens with one attached hydrogen (secondary N) is 1. The predicted octanol–water partition coefficient (Wildman–Crippen LogP) is 5.04. The molecule has 6 heteroatoms. The Labute approximate surface area is 124 Å². The molecule has 1 atom stereocenters. The Morgan fingerprint density at radius 1 is 1.10 bits per heavy atom. The van der Waals surface area contributed by atoms with Gasteiger partial charge >= 0.3 is 6.18 Å². The number of rotatable bonds is 3. The maximum atomic E-state index is 12.5. The molecule has 0 fully saturated rings. The first-order chi connectivity index (χ1) is 9.90. The monoisotopic (exact) mass is 310 g/mol. The third-order valence-corrected chi connectivity index (χ3v) is 3.07. The molecule has 0 aliphatic rings. The molecule has 2 aromatic rings. The van der Waals surface area contributed by atoms with Crippen LogP contribution in [0.2, 0.25) is 5.02 Å². The largest absolute Gasteiger partial charge is 0.416 e. The summed E-state index contributed by atoms with van der Waals surface area (Å²) in [6.45, 7) is 0. The van der Waals surface area contributed by atoms with Gasteiger partial charge < -0.3 is 5.32 Å². The predicted molar refractivity (Wildman–Crippen MR) is 74.9 cm³/mol. The van der Waals surface area contributed by atoms with Gasteiger partial charge in [-0.25, -0.2) is 0 Å². The molecular weight excluding hydrogens is 301 g/mol. The molecule has 0 saturated heterocycles. The van der Waals surface area contributed by atoms with Gasteiger partial charge in [-0.15, -0.1) is 0 Å². The number of halogens is 4. The Morgan fingerprint density at radius 2 is 1.76 bits per heavy atom. The number of hydrogen-bond acceptors (Lipinski definition) is 2. The van der Waals surface area contributed by atoms with Crippen LogP contribution in [0.5, 0.6) is 0 Å². The van der Waals surface area contributed by atoms with E-state index < -0.39 is 17.8 Å². The molecule has 0 radical (unpaired) electrons. The van der Waals surface area contributed by atoms with Crippen LogP contribution in [0.4, 0.5) is 18.9 Å². The third kappa shape index (κ3) is 3.89. The van der Waals surface area contributed by atoms with Gasteiger partial charge in [0.2, 0.25) is 0 Å². The van der Waals surface area contributed by atoms with Gasteiger partial charge in [-0.05, 0) is 35.9 Å². The molecule has 0 aromatic heterocycles. The van der Waals surface area contributed by atoms with Crippen molar-refractivity contribution in [3.63, 3.8) is 0 Å². The van der Waals surface area contributed by atoms with Crippen LogP contribution in [0.1, 0.15) is 17.2 Å². The van der Waals surface area contributed by atoms with Crippen molar-refractivity contribution in [1.82, 2.24) is 0 Å². The van der Waals surface area contributed by atoms with E-state index in [2.05, 4.69) is 5.32 Å². The quantitative estimate of drug-likeness (QED) is 0.862. The molecule has 0 amide bonds. The van der Waals surface area contributed by atoms with Gasteiger partial charge in [0.05, 0.1) is 11.6 Å². The zero-order valence-corrected chi connectivity index (χ0v) is 11.4. The van der Waals surface area contributed by atoms with E-state index >= 15 is 0 Å². The van der Waals surface area contributed by atoms with E-state index in [-0.39, 0.29) is 0 Å². The summed E-state index contributed by atoms with van der Waals surface area (Å²) in [6, 6.07) is 12.5. The fourth-order valence-electron chi connectivity index (χ4n) is 1.80. The number of benzene rings is 2. The van der Waals surface area contributed by atoms with Crippen molar-refractivity contribution in [2.75, 3.05) is 5.32 Å². The van der Waals surface area contributed by atoms with Crippen molar-refractivity contribution >= 4 is 17.3 Å². The van der Waals surface area contributed by atoms with Crippen LogP contribution in [0.3, 0.4) is 0 Å². The van der Waals surface area contributed by atoms with Gasteiger partial charge in [-0.3, -0.25) is 0 Å². The lowest BCUT2D eigenvalue weighted by Gasteiger charge is -2.14. The number of nitriles is 1. The zero-order valence-electron chi connectivity index (χ0n) is 10.7. The SMILES string of the molecule is N#CC(Nc1cccc(Cl)c1)c1ccc(C(F)(F)F)cc1. The number of hydrogen-bond donors (Lipinski definition) is 1. The summed E-state index contributed by atoms with van der Waals surface area (Å²) in [5.41, 5.74) is 0.324. The Morgan fingerprint density at radius 3 is 2.29 bits per heavy atom. The van der Waals surface area contributed by atoms with Crippen molar-refractivity contribution in [1.29, 1.82) is 5.26 Å². The van der Waals surface area contributed by atoms with Gasteiger partial charge in [0, 0.05) is 10.7 Å². The summed E-state index contributed by atoms with van der Waals surface area (Å²) in [5.74, 6) is 0. The summed E-state index contributed by atoms with van der Waals surface area (Å²) < 4.78 is 37.5. The molecule has 0 bridgehead atoms. The fourth-order valence-corrected chi connectivity index (χ4v) is 1.99. The standard InChI is InChI=1S/C15H10ClF3N2/c16-12-2-1-3-13(8-12)21-14(9-20)10-4-6-11(7-5-10)15(17,18)19/h1-8,14,21H. The van der Waals surface area contributed by atoms with Gasteiger partial charge in [0.1, 0.15) is 6.04 Å². The number of nitrogens with zero attached hydrogens (tertiary/aromatic N) is 1. The van der Waals surface area contributed by atoms with E-state index in [1.165, 1.54) is 12.1 Å². The molecule has 0 aliphatic heterocycles. The average Bonchev–Trinajstić information content (AvgIpc) is 2.44. The highest BCUT2D eigenvalue weighted by atomic mass is 35.5. The molecule has 108 valence electrons. The highest BCUT2D eigenvalue weighted by Crippen LogP contribution is 2.30. The first-order valence-corrected chi connectivity index (χ1v) is 6.37. The molecule has 2 aromatic carbocycles. The third-order valence-electron chi connectivity index (χ3n) is 2.84.